The second-order valence-corrected chi connectivity index (χ2v) is 3.57. The fourth-order valence-corrected chi connectivity index (χ4v) is 1.57. The highest BCUT2D eigenvalue weighted by atomic mass is 14.8. The average Bonchev–Trinajstić information content (AvgIpc) is 2.30. The molecule has 0 aliphatic heterocycles. The summed E-state index contributed by atoms with van der Waals surface area (Å²) in [6.07, 6.45) is 0. The Morgan fingerprint density at radius 3 is 2.56 bits per heavy atom. The lowest BCUT2D eigenvalue weighted by molar-refractivity contribution is 1.22. The van der Waals surface area contributed by atoms with Crippen molar-refractivity contribution in [2.24, 2.45) is 0 Å². The maximum atomic E-state index is 8.93. The molecule has 0 unspecified atom stereocenters. The maximum absolute atomic E-state index is 8.93. The minimum absolute atomic E-state index is 0.424. The van der Waals surface area contributed by atoms with E-state index in [-0.39, 0.29) is 0 Å². The van der Waals surface area contributed by atoms with Gasteiger partial charge in [0, 0.05) is 5.56 Å². The van der Waals surface area contributed by atoms with Gasteiger partial charge in [-0.15, -0.1) is 0 Å². The molecular formula is C13H11N3. The molecule has 2 rings (SSSR count). The fourth-order valence-electron chi connectivity index (χ4n) is 1.57. The maximum Gasteiger partial charge on any atom is 0.144 e. The molecule has 0 atom stereocenters. The van der Waals surface area contributed by atoms with Crippen LogP contribution in [0.2, 0.25) is 0 Å². The van der Waals surface area contributed by atoms with Crippen LogP contribution in [0.3, 0.4) is 0 Å². The van der Waals surface area contributed by atoms with Crippen LogP contribution >= 0.6 is 0 Å². The van der Waals surface area contributed by atoms with Crippen molar-refractivity contribution in [1.29, 1.82) is 5.26 Å². The van der Waals surface area contributed by atoms with E-state index in [0.29, 0.717) is 17.1 Å². The molecule has 3 nitrogen and oxygen atoms in total. The van der Waals surface area contributed by atoms with Gasteiger partial charge in [0.2, 0.25) is 0 Å². The van der Waals surface area contributed by atoms with Gasteiger partial charge in [-0.2, -0.15) is 5.26 Å². The third-order valence-electron chi connectivity index (χ3n) is 2.40. The third-order valence-corrected chi connectivity index (χ3v) is 2.40. The van der Waals surface area contributed by atoms with Gasteiger partial charge in [-0.05, 0) is 18.6 Å². The highest BCUT2D eigenvalue weighted by molar-refractivity contribution is 5.73. The number of benzene rings is 1. The molecule has 0 bridgehead atoms. The molecule has 0 saturated heterocycles. The normalized spacial score (nSPS) is 9.75. The highest BCUT2D eigenvalue weighted by Crippen LogP contribution is 2.25. The standard InChI is InChI=1S/C13H11N3/c1-9-7-11(15)13(16-12(9)8-14)10-5-3-2-4-6-10/h2-7H,15H2,1H3. The zero-order chi connectivity index (χ0) is 11.5. The minimum Gasteiger partial charge on any atom is -0.397 e. The molecule has 2 aromatic rings. The van der Waals surface area contributed by atoms with Gasteiger partial charge in [-0.1, -0.05) is 30.3 Å². The summed E-state index contributed by atoms with van der Waals surface area (Å²) >= 11 is 0. The summed E-state index contributed by atoms with van der Waals surface area (Å²) < 4.78 is 0. The molecule has 1 aromatic carbocycles. The number of nitrogens with zero attached hydrogens (tertiary/aromatic N) is 2. The summed E-state index contributed by atoms with van der Waals surface area (Å²) in [5.41, 5.74) is 9.33. The third kappa shape index (κ3) is 1.73. The molecule has 0 radical (unpaired) electrons. The van der Waals surface area contributed by atoms with Gasteiger partial charge in [0.25, 0.3) is 0 Å². The molecule has 2 N–H and O–H groups in total. The fraction of sp³-hybridized carbons (Fsp3) is 0.0769. The van der Waals surface area contributed by atoms with Crippen molar-refractivity contribution >= 4 is 5.69 Å². The van der Waals surface area contributed by atoms with Gasteiger partial charge in [-0.3, -0.25) is 0 Å². The molecule has 3 heteroatoms. The Morgan fingerprint density at radius 1 is 1.25 bits per heavy atom. The van der Waals surface area contributed by atoms with E-state index < -0.39 is 0 Å². The summed E-state index contributed by atoms with van der Waals surface area (Å²) in [6.45, 7) is 1.83. The molecular weight excluding hydrogens is 198 g/mol. The van der Waals surface area contributed by atoms with Crippen LogP contribution in [0.15, 0.2) is 36.4 Å². The number of aryl methyl sites for hydroxylation is 1. The summed E-state index contributed by atoms with van der Waals surface area (Å²) in [7, 11) is 0. The van der Waals surface area contributed by atoms with Gasteiger partial charge in [0.1, 0.15) is 11.8 Å². The first kappa shape index (κ1) is 10.2. The molecule has 0 amide bonds. The SMILES string of the molecule is Cc1cc(N)c(-c2ccccc2)nc1C#N. The number of aromatic nitrogens is 1. The Kier molecular flexibility index (Phi) is 2.57. The first-order valence-electron chi connectivity index (χ1n) is 4.95. The van der Waals surface area contributed by atoms with Crippen LogP contribution in [-0.2, 0) is 0 Å². The van der Waals surface area contributed by atoms with Crippen LogP contribution in [0.1, 0.15) is 11.3 Å². The molecule has 0 spiro atoms. The zero-order valence-corrected chi connectivity index (χ0v) is 8.94. The Labute approximate surface area is 94.2 Å². The number of anilines is 1. The Balaban J connectivity index is 2.63. The molecule has 1 heterocycles. The molecule has 0 aliphatic carbocycles. The predicted molar refractivity (Wildman–Crippen MR) is 63.5 cm³/mol. The van der Waals surface area contributed by atoms with E-state index in [1.54, 1.807) is 6.07 Å². The van der Waals surface area contributed by atoms with Crippen molar-refractivity contribution in [1.82, 2.24) is 4.98 Å². The van der Waals surface area contributed by atoms with Crippen molar-refractivity contribution in [2.45, 2.75) is 6.92 Å². The average molecular weight is 209 g/mol. The molecule has 0 fully saturated rings. The van der Waals surface area contributed by atoms with Gasteiger partial charge in [0.05, 0.1) is 11.4 Å². The van der Waals surface area contributed by atoms with Crippen LogP contribution in [-0.4, -0.2) is 4.98 Å². The van der Waals surface area contributed by atoms with E-state index in [1.807, 2.05) is 37.3 Å². The largest absolute Gasteiger partial charge is 0.397 e. The van der Waals surface area contributed by atoms with Crippen molar-refractivity contribution in [2.75, 3.05) is 5.73 Å². The van der Waals surface area contributed by atoms with Gasteiger partial charge in [-0.25, -0.2) is 4.98 Å². The summed E-state index contributed by atoms with van der Waals surface area (Å²) in [5, 5.41) is 8.93. The van der Waals surface area contributed by atoms with Crippen LogP contribution in [0.25, 0.3) is 11.3 Å². The first-order chi connectivity index (χ1) is 7.72. The van der Waals surface area contributed by atoms with Crippen molar-refractivity contribution in [3.8, 4) is 17.3 Å². The van der Waals surface area contributed by atoms with Crippen molar-refractivity contribution in [3.05, 3.63) is 47.7 Å². The van der Waals surface area contributed by atoms with Crippen LogP contribution in [0.4, 0.5) is 5.69 Å². The number of hydrogen-bond acceptors (Lipinski definition) is 3. The lowest BCUT2D eigenvalue weighted by Gasteiger charge is -2.07. The molecule has 16 heavy (non-hydrogen) atoms. The van der Waals surface area contributed by atoms with Crippen molar-refractivity contribution in [3.63, 3.8) is 0 Å². The topological polar surface area (TPSA) is 62.7 Å². The first-order valence-corrected chi connectivity index (χ1v) is 4.95. The van der Waals surface area contributed by atoms with E-state index in [4.69, 9.17) is 11.0 Å². The lowest BCUT2D eigenvalue weighted by atomic mass is 10.1. The number of nitrogens with two attached hydrogens (primary N) is 1. The Hall–Kier alpha value is -2.34. The molecule has 78 valence electrons. The predicted octanol–water partition coefficient (Wildman–Crippen LogP) is 2.51. The van der Waals surface area contributed by atoms with Crippen molar-refractivity contribution < 1.29 is 0 Å². The Bertz CT molecular complexity index is 553. The van der Waals surface area contributed by atoms with Crippen LogP contribution < -0.4 is 5.73 Å². The van der Waals surface area contributed by atoms with E-state index in [2.05, 4.69) is 11.1 Å². The number of nitriles is 1. The number of rotatable bonds is 1. The Morgan fingerprint density at radius 2 is 1.94 bits per heavy atom. The second kappa shape index (κ2) is 4.03. The number of hydrogen-bond donors (Lipinski definition) is 1. The molecule has 0 aliphatic rings. The second-order valence-electron chi connectivity index (χ2n) is 3.57. The zero-order valence-electron chi connectivity index (χ0n) is 8.94. The number of pyridine rings is 1. The summed E-state index contributed by atoms with van der Waals surface area (Å²) in [4.78, 5) is 4.27. The van der Waals surface area contributed by atoms with E-state index in [1.165, 1.54) is 0 Å². The molecule has 0 saturated carbocycles. The van der Waals surface area contributed by atoms with E-state index in [9.17, 15) is 0 Å². The van der Waals surface area contributed by atoms with Crippen LogP contribution in [0, 0.1) is 18.3 Å². The quantitative estimate of drug-likeness (QED) is 0.784. The van der Waals surface area contributed by atoms with Gasteiger partial charge < -0.3 is 5.73 Å². The summed E-state index contributed by atoms with van der Waals surface area (Å²) in [6, 6.07) is 13.5. The molecule has 1 aromatic heterocycles. The van der Waals surface area contributed by atoms with Crippen LogP contribution in [0.5, 0.6) is 0 Å². The lowest BCUT2D eigenvalue weighted by Crippen LogP contribution is -1.98. The monoisotopic (exact) mass is 209 g/mol. The summed E-state index contributed by atoms with van der Waals surface area (Å²) in [5.74, 6) is 0. The minimum atomic E-state index is 0.424. The number of nitrogen functional groups attached to an aromatic ring is 1. The highest BCUT2D eigenvalue weighted by Gasteiger charge is 2.08. The van der Waals surface area contributed by atoms with E-state index in [0.717, 1.165) is 11.1 Å². The van der Waals surface area contributed by atoms with Gasteiger partial charge in [0.15, 0.2) is 0 Å². The smallest absolute Gasteiger partial charge is 0.144 e. The van der Waals surface area contributed by atoms with E-state index >= 15 is 0 Å². The van der Waals surface area contributed by atoms with Gasteiger partial charge >= 0.3 is 0 Å².